The Morgan fingerprint density at radius 1 is 1.07 bits per heavy atom. The van der Waals surface area contributed by atoms with E-state index < -0.39 is 4.92 Å². The van der Waals surface area contributed by atoms with Crippen LogP contribution in [0.2, 0.25) is 0 Å². The Hall–Kier alpha value is -4.09. The number of rotatable bonds is 10. The molecular formula is C32H42N8O3. The number of carbonyl (C=O) groups is 1. The lowest BCUT2D eigenvalue weighted by atomic mass is 9.85. The van der Waals surface area contributed by atoms with E-state index in [9.17, 15) is 14.9 Å². The van der Waals surface area contributed by atoms with Gasteiger partial charge in [-0.15, -0.1) is 0 Å². The summed E-state index contributed by atoms with van der Waals surface area (Å²) < 4.78 is 0. The van der Waals surface area contributed by atoms with Gasteiger partial charge in [0, 0.05) is 58.8 Å². The van der Waals surface area contributed by atoms with Gasteiger partial charge in [-0.05, 0) is 72.4 Å². The van der Waals surface area contributed by atoms with Crippen molar-refractivity contribution in [2.45, 2.75) is 58.7 Å². The molecule has 5 rings (SSSR count). The molecule has 0 radical (unpaired) electrons. The standard InChI is InChI=1S/C32H42N8O3/c1-22-27(7-4-8-29(22)26-6-3-5-25(17-26)18-33)20-35-32-36-21-30(40(42)43)31(37-32)34-19-24-9-11-28(12-10-24)39-15-13-38(14-16-39)23(2)41/h3-8,17,21,24,28H,9-16,18-20,33H2,1-2H3,(H2,34,35,36,37)/t24-,28-. The summed E-state index contributed by atoms with van der Waals surface area (Å²) in [5, 5.41) is 18.3. The molecule has 2 fully saturated rings. The van der Waals surface area contributed by atoms with E-state index in [1.54, 1.807) is 6.92 Å². The van der Waals surface area contributed by atoms with Gasteiger partial charge < -0.3 is 21.3 Å². The predicted octanol–water partition coefficient (Wildman–Crippen LogP) is 4.57. The van der Waals surface area contributed by atoms with Crippen LogP contribution in [0.4, 0.5) is 17.5 Å². The summed E-state index contributed by atoms with van der Waals surface area (Å²) in [5.41, 5.74) is 11.3. The van der Waals surface area contributed by atoms with Gasteiger partial charge in [-0.3, -0.25) is 19.8 Å². The molecule has 4 N–H and O–H groups in total. The zero-order chi connectivity index (χ0) is 30.3. The van der Waals surface area contributed by atoms with Crippen LogP contribution < -0.4 is 16.4 Å². The molecule has 11 nitrogen and oxygen atoms in total. The van der Waals surface area contributed by atoms with Crippen molar-refractivity contribution < 1.29 is 9.72 Å². The summed E-state index contributed by atoms with van der Waals surface area (Å²) in [6.07, 6.45) is 5.58. The zero-order valence-corrected chi connectivity index (χ0v) is 25.1. The van der Waals surface area contributed by atoms with Gasteiger partial charge in [-0.1, -0.05) is 36.4 Å². The minimum atomic E-state index is -0.438. The molecule has 1 saturated heterocycles. The molecule has 43 heavy (non-hydrogen) atoms. The fraction of sp³-hybridized carbons (Fsp3) is 0.469. The molecule has 2 aromatic carbocycles. The maximum absolute atomic E-state index is 11.7. The zero-order valence-electron chi connectivity index (χ0n) is 25.1. The van der Waals surface area contributed by atoms with Gasteiger partial charge in [0.25, 0.3) is 0 Å². The van der Waals surface area contributed by atoms with Crippen LogP contribution in [-0.2, 0) is 17.9 Å². The van der Waals surface area contributed by atoms with Crippen LogP contribution in [0.25, 0.3) is 11.1 Å². The lowest BCUT2D eigenvalue weighted by molar-refractivity contribution is -0.384. The molecule has 11 heteroatoms. The highest BCUT2D eigenvalue weighted by molar-refractivity contribution is 5.73. The monoisotopic (exact) mass is 586 g/mol. The van der Waals surface area contributed by atoms with E-state index >= 15 is 0 Å². The number of benzene rings is 2. The number of hydrogen-bond donors (Lipinski definition) is 3. The van der Waals surface area contributed by atoms with E-state index in [1.165, 1.54) is 6.20 Å². The molecule has 228 valence electrons. The third-order valence-corrected chi connectivity index (χ3v) is 8.97. The molecule has 1 aliphatic carbocycles. The van der Waals surface area contributed by atoms with Gasteiger partial charge in [0.15, 0.2) is 0 Å². The summed E-state index contributed by atoms with van der Waals surface area (Å²) in [7, 11) is 0. The summed E-state index contributed by atoms with van der Waals surface area (Å²) in [6, 6.07) is 15.0. The van der Waals surface area contributed by atoms with E-state index in [-0.39, 0.29) is 17.4 Å². The Bertz CT molecular complexity index is 1430. The Morgan fingerprint density at radius 2 is 1.81 bits per heavy atom. The second kappa shape index (κ2) is 13.9. The van der Waals surface area contributed by atoms with Crippen LogP contribution in [-0.4, -0.2) is 69.4 Å². The number of nitrogens with zero attached hydrogens (tertiary/aromatic N) is 5. The highest BCUT2D eigenvalue weighted by Crippen LogP contribution is 2.31. The summed E-state index contributed by atoms with van der Waals surface area (Å²) in [5.74, 6) is 1.16. The number of nitrogens with two attached hydrogens (primary N) is 1. The highest BCUT2D eigenvalue weighted by atomic mass is 16.6. The van der Waals surface area contributed by atoms with Gasteiger partial charge in [0.05, 0.1) is 4.92 Å². The van der Waals surface area contributed by atoms with Gasteiger partial charge in [0.1, 0.15) is 6.20 Å². The van der Waals surface area contributed by atoms with Gasteiger partial charge in [-0.25, -0.2) is 4.98 Å². The van der Waals surface area contributed by atoms with Crippen LogP contribution >= 0.6 is 0 Å². The van der Waals surface area contributed by atoms with Crippen molar-refractivity contribution in [1.29, 1.82) is 0 Å². The quantitative estimate of drug-likeness (QED) is 0.230. The van der Waals surface area contributed by atoms with Crippen LogP contribution in [0.3, 0.4) is 0 Å². The summed E-state index contributed by atoms with van der Waals surface area (Å²) in [6.45, 7) is 8.80. The van der Waals surface area contributed by atoms with E-state index in [4.69, 9.17) is 5.73 Å². The summed E-state index contributed by atoms with van der Waals surface area (Å²) >= 11 is 0. The maximum atomic E-state index is 11.7. The Balaban J connectivity index is 1.18. The summed E-state index contributed by atoms with van der Waals surface area (Å²) in [4.78, 5) is 36.1. The lowest BCUT2D eigenvalue weighted by Crippen LogP contribution is -2.52. The van der Waals surface area contributed by atoms with E-state index in [0.717, 1.165) is 79.7 Å². The van der Waals surface area contributed by atoms with E-state index in [2.05, 4.69) is 56.7 Å². The van der Waals surface area contributed by atoms with Crippen molar-refractivity contribution in [1.82, 2.24) is 19.8 Å². The third-order valence-electron chi connectivity index (χ3n) is 8.97. The number of nitro groups is 1. The van der Waals surface area contributed by atoms with Crippen LogP contribution in [0, 0.1) is 23.0 Å². The Morgan fingerprint density at radius 3 is 2.51 bits per heavy atom. The van der Waals surface area contributed by atoms with Crippen molar-refractivity contribution in [3.63, 3.8) is 0 Å². The van der Waals surface area contributed by atoms with Crippen molar-refractivity contribution in [3.05, 3.63) is 75.5 Å². The molecule has 0 spiro atoms. The normalized spacial score (nSPS) is 19.2. The van der Waals surface area contributed by atoms with Crippen LogP contribution in [0.15, 0.2) is 48.7 Å². The second-order valence-electron chi connectivity index (χ2n) is 11.6. The minimum absolute atomic E-state index is 0.124. The van der Waals surface area contributed by atoms with Crippen molar-refractivity contribution in [2.24, 2.45) is 11.7 Å². The predicted molar refractivity (Wildman–Crippen MR) is 169 cm³/mol. The van der Waals surface area contributed by atoms with E-state index in [1.807, 2.05) is 23.1 Å². The van der Waals surface area contributed by atoms with Crippen LogP contribution in [0.1, 0.15) is 49.3 Å². The fourth-order valence-electron chi connectivity index (χ4n) is 6.31. The Labute approximate surface area is 253 Å². The van der Waals surface area contributed by atoms with Gasteiger partial charge in [0.2, 0.25) is 17.7 Å². The lowest BCUT2D eigenvalue weighted by Gasteiger charge is -2.41. The molecule has 0 atom stereocenters. The van der Waals surface area contributed by atoms with Crippen molar-refractivity contribution >= 4 is 23.4 Å². The smallest absolute Gasteiger partial charge is 0.329 e. The molecule has 0 unspecified atom stereocenters. The first-order valence-electron chi connectivity index (χ1n) is 15.2. The third kappa shape index (κ3) is 7.47. The molecule has 1 aromatic heterocycles. The molecule has 1 aliphatic heterocycles. The molecule has 2 heterocycles. The molecule has 1 amide bonds. The fourth-order valence-corrected chi connectivity index (χ4v) is 6.31. The molecule has 0 bridgehead atoms. The number of carbonyl (C=O) groups excluding carboxylic acids is 1. The first-order valence-corrected chi connectivity index (χ1v) is 15.2. The van der Waals surface area contributed by atoms with Crippen molar-refractivity contribution in [2.75, 3.05) is 43.4 Å². The van der Waals surface area contributed by atoms with E-state index in [0.29, 0.717) is 37.5 Å². The molecule has 2 aliphatic rings. The topological polar surface area (TPSA) is 143 Å². The average Bonchev–Trinajstić information content (AvgIpc) is 3.03. The number of aromatic nitrogens is 2. The van der Waals surface area contributed by atoms with Gasteiger partial charge in [-0.2, -0.15) is 4.98 Å². The molecule has 1 saturated carbocycles. The highest BCUT2D eigenvalue weighted by Gasteiger charge is 2.29. The van der Waals surface area contributed by atoms with Gasteiger partial charge >= 0.3 is 5.69 Å². The first kappa shape index (κ1) is 30.4. The number of hydrogen-bond acceptors (Lipinski definition) is 9. The molecule has 3 aromatic rings. The Kier molecular flexibility index (Phi) is 9.83. The maximum Gasteiger partial charge on any atom is 0.329 e. The number of nitrogens with one attached hydrogen (secondary N) is 2. The largest absolute Gasteiger partial charge is 0.364 e. The SMILES string of the molecule is CC(=O)N1CCN([C@H]2CC[C@H](CNc3nc(NCc4cccc(-c5cccc(CN)c5)c4C)ncc3[N+](=O)[O-])CC2)CC1. The average molecular weight is 587 g/mol. The minimum Gasteiger partial charge on any atom is -0.364 e. The van der Waals surface area contributed by atoms with Crippen molar-refractivity contribution in [3.8, 4) is 11.1 Å². The number of amides is 1. The number of piperazine rings is 1. The second-order valence-corrected chi connectivity index (χ2v) is 11.6. The molecular weight excluding hydrogens is 544 g/mol. The van der Waals surface area contributed by atoms with Crippen LogP contribution in [0.5, 0.6) is 0 Å². The number of anilines is 2. The first-order chi connectivity index (χ1) is 20.8.